The van der Waals surface area contributed by atoms with Crippen molar-refractivity contribution in [3.63, 3.8) is 0 Å². The molecule has 0 aliphatic heterocycles. The molecule has 0 aliphatic rings. The number of nitrogens with zero attached hydrogens (tertiary/aromatic N) is 1. The number of nitriles is 1. The molecule has 0 unspecified atom stereocenters. The Hall–Kier alpha value is -1.63. The van der Waals surface area contributed by atoms with Gasteiger partial charge in [-0.1, -0.05) is 126 Å². The van der Waals surface area contributed by atoms with E-state index in [9.17, 15) is 5.26 Å². The third kappa shape index (κ3) is 9.63. The van der Waals surface area contributed by atoms with Crippen LogP contribution in [0.15, 0.2) is 24.3 Å². The van der Waals surface area contributed by atoms with Gasteiger partial charge in [0.15, 0.2) is 0 Å². The highest BCUT2D eigenvalue weighted by Gasteiger charge is 2.15. The van der Waals surface area contributed by atoms with Crippen molar-refractivity contribution in [2.24, 2.45) is 0 Å². The minimum atomic E-state index is 0.518. The Morgan fingerprint density at radius 3 is 1.79 bits per heavy atom. The predicted molar refractivity (Wildman–Crippen MR) is 146 cm³/mol. The van der Waals surface area contributed by atoms with E-state index < -0.39 is 0 Å². The van der Waals surface area contributed by atoms with Crippen LogP contribution in [-0.4, -0.2) is 4.98 Å². The molecular weight excluding hydrogens is 444 g/mol. The topological polar surface area (TPSA) is 39.6 Å². The number of hydrogen-bond donors (Lipinski definition) is 1. The van der Waals surface area contributed by atoms with Crippen LogP contribution in [0.25, 0.3) is 11.1 Å². The maximum Gasteiger partial charge on any atom is 0.122 e. The van der Waals surface area contributed by atoms with Crippen LogP contribution in [0.5, 0.6) is 0 Å². The van der Waals surface area contributed by atoms with Crippen LogP contribution in [0, 0.1) is 22.9 Å². The highest BCUT2D eigenvalue weighted by molar-refractivity contribution is 7.71. The fourth-order valence-corrected chi connectivity index (χ4v) is 5.04. The number of benzene rings is 1. The lowest BCUT2D eigenvalue weighted by Crippen LogP contribution is -2.02. The largest absolute Gasteiger partial charge is 0.349 e. The van der Waals surface area contributed by atoms with Gasteiger partial charge >= 0.3 is 0 Å². The second-order valence-electron chi connectivity index (χ2n) is 9.27. The Morgan fingerprint density at radius 1 is 0.818 bits per heavy atom. The van der Waals surface area contributed by atoms with E-state index in [1.807, 2.05) is 24.3 Å². The van der Waals surface area contributed by atoms with Gasteiger partial charge in [-0.3, -0.25) is 0 Å². The number of nitrogens with one attached hydrogen (secondary N) is 1. The quantitative estimate of drug-likeness (QED) is 0.190. The summed E-state index contributed by atoms with van der Waals surface area (Å²) in [6.07, 6.45) is 19.9. The van der Waals surface area contributed by atoms with Crippen LogP contribution in [0.3, 0.4) is 0 Å². The molecule has 0 saturated carbocycles. The van der Waals surface area contributed by atoms with Gasteiger partial charge in [0.05, 0.1) is 5.56 Å². The van der Waals surface area contributed by atoms with E-state index in [1.54, 1.807) is 0 Å². The molecule has 1 heterocycles. The maximum atomic E-state index is 9.76. The summed E-state index contributed by atoms with van der Waals surface area (Å²) >= 11 is 11.5. The molecule has 0 aliphatic carbocycles. The third-order valence-corrected chi connectivity index (χ3v) is 7.12. The zero-order valence-corrected chi connectivity index (χ0v) is 22.2. The lowest BCUT2D eigenvalue weighted by molar-refractivity contribution is 0.535. The van der Waals surface area contributed by atoms with Crippen molar-refractivity contribution in [2.75, 3.05) is 0 Å². The number of aromatic amines is 1. The summed E-state index contributed by atoms with van der Waals surface area (Å²) in [6.45, 7) is 4.34. The van der Waals surface area contributed by atoms with Crippen molar-refractivity contribution in [1.82, 2.24) is 4.98 Å². The van der Waals surface area contributed by atoms with Crippen molar-refractivity contribution in [3.8, 4) is 17.2 Å². The first-order chi connectivity index (χ1) is 16.1. The molecule has 0 atom stereocenters. The summed E-state index contributed by atoms with van der Waals surface area (Å²) < 4.78 is 0.518. The second-order valence-corrected chi connectivity index (χ2v) is 10.1. The minimum Gasteiger partial charge on any atom is -0.349 e. The molecule has 33 heavy (non-hydrogen) atoms. The average molecular weight is 485 g/mol. The summed E-state index contributed by atoms with van der Waals surface area (Å²) in [4.78, 5) is 3.25. The molecule has 180 valence electrons. The monoisotopic (exact) mass is 484 g/mol. The summed E-state index contributed by atoms with van der Waals surface area (Å²) in [5, 5.41) is 10.5. The van der Waals surface area contributed by atoms with Crippen LogP contribution < -0.4 is 0 Å². The van der Waals surface area contributed by atoms with Crippen LogP contribution >= 0.6 is 23.8 Å². The van der Waals surface area contributed by atoms with E-state index in [-0.39, 0.29) is 0 Å². The van der Waals surface area contributed by atoms with E-state index in [1.165, 1.54) is 89.0 Å². The van der Waals surface area contributed by atoms with Crippen molar-refractivity contribution >= 4 is 23.8 Å². The van der Waals surface area contributed by atoms with Gasteiger partial charge in [-0.15, -0.1) is 0 Å². The van der Waals surface area contributed by atoms with Crippen LogP contribution in [0.2, 0.25) is 5.02 Å². The second kappa shape index (κ2) is 16.1. The highest BCUT2D eigenvalue weighted by atomic mass is 35.5. The molecule has 1 N–H and O–H groups in total. The van der Waals surface area contributed by atoms with Crippen molar-refractivity contribution in [1.29, 1.82) is 5.26 Å². The average Bonchev–Trinajstić information content (AvgIpc) is 2.80. The molecular formula is C29H41ClN2S. The Morgan fingerprint density at radius 2 is 1.30 bits per heavy atom. The Bertz CT molecular complexity index is 924. The lowest BCUT2D eigenvalue weighted by atomic mass is 9.91. The molecule has 0 fully saturated rings. The van der Waals surface area contributed by atoms with E-state index in [0.29, 0.717) is 15.2 Å². The maximum absolute atomic E-state index is 9.76. The minimum absolute atomic E-state index is 0.518. The molecule has 0 saturated heterocycles. The molecule has 4 heteroatoms. The third-order valence-electron chi connectivity index (χ3n) is 6.56. The molecule has 0 bridgehead atoms. The molecule has 2 rings (SSSR count). The first-order valence-corrected chi connectivity index (χ1v) is 13.8. The van der Waals surface area contributed by atoms with Gasteiger partial charge in [-0.25, -0.2) is 0 Å². The van der Waals surface area contributed by atoms with Gasteiger partial charge in [0.2, 0.25) is 0 Å². The molecule has 0 spiro atoms. The smallest absolute Gasteiger partial charge is 0.122 e. The fourth-order valence-electron chi connectivity index (χ4n) is 4.61. The van der Waals surface area contributed by atoms with E-state index >= 15 is 0 Å². The lowest BCUT2D eigenvalue weighted by Gasteiger charge is -2.15. The molecule has 0 amide bonds. The number of unbranched alkanes of at least 4 members (excludes halogenated alkanes) is 13. The number of aromatic nitrogens is 1. The summed E-state index contributed by atoms with van der Waals surface area (Å²) in [7, 11) is 0. The zero-order chi connectivity index (χ0) is 23.9. The molecule has 2 aromatic rings. The van der Waals surface area contributed by atoms with Crippen molar-refractivity contribution in [3.05, 3.63) is 50.7 Å². The molecule has 0 radical (unpaired) electrons. The van der Waals surface area contributed by atoms with Crippen LogP contribution in [0.4, 0.5) is 0 Å². The van der Waals surface area contributed by atoms with Gasteiger partial charge < -0.3 is 4.98 Å². The van der Waals surface area contributed by atoms with Gasteiger partial charge in [-0.2, -0.15) is 5.26 Å². The first kappa shape index (κ1) is 27.6. The fraction of sp³-hybridized carbons (Fsp3) is 0.586. The number of rotatable bonds is 16. The number of H-pyrrole nitrogens is 1. The Labute approximate surface area is 211 Å². The number of hydrogen-bond acceptors (Lipinski definition) is 2. The van der Waals surface area contributed by atoms with Gasteiger partial charge in [-0.05, 0) is 43.0 Å². The van der Waals surface area contributed by atoms with E-state index in [4.69, 9.17) is 23.8 Å². The summed E-state index contributed by atoms with van der Waals surface area (Å²) in [5.41, 5.74) is 4.84. The van der Waals surface area contributed by atoms with E-state index in [0.717, 1.165) is 29.7 Å². The zero-order valence-electron chi connectivity index (χ0n) is 20.6. The normalized spacial score (nSPS) is 11.0. The standard InChI is InChI=1S/C29H41ClN2S/c1-3-4-5-6-7-8-9-10-11-12-13-14-15-16-17-26-23(2)32-29(33)27(22-31)28(26)24-18-20-25(30)21-19-24/h18-21H,3-17H2,1-2H3,(H,32,33). The van der Waals surface area contributed by atoms with Gasteiger partial charge in [0.25, 0.3) is 0 Å². The van der Waals surface area contributed by atoms with Gasteiger partial charge in [0.1, 0.15) is 10.7 Å². The first-order valence-electron chi connectivity index (χ1n) is 13.0. The molecule has 1 aromatic carbocycles. The molecule has 2 nitrogen and oxygen atoms in total. The Balaban J connectivity index is 1.75. The Kier molecular flexibility index (Phi) is 13.5. The predicted octanol–water partition coefficient (Wildman–Crippen LogP) is 10.3. The number of aryl methyl sites for hydroxylation is 1. The molecule has 1 aromatic heterocycles. The van der Waals surface area contributed by atoms with Crippen LogP contribution in [-0.2, 0) is 6.42 Å². The number of pyridine rings is 1. The summed E-state index contributed by atoms with van der Waals surface area (Å²) in [6, 6.07) is 10.1. The summed E-state index contributed by atoms with van der Waals surface area (Å²) in [5.74, 6) is 0. The van der Waals surface area contributed by atoms with Crippen molar-refractivity contribution < 1.29 is 0 Å². The highest BCUT2D eigenvalue weighted by Crippen LogP contribution is 2.32. The van der Waals surface area contributed by atoms with E-state index in [2.05, 4.69) is 24.9 Å². The SMILES string of the molecule is CCCCCCCCCCCCCCCCc1c(C)[nH]c(=S)c(C#N)c1-c1ccc(Cl)cc1. The van der Waals surface area contributed by atoms with Crippen LogP contribution in [0.1, 0.15) is 114 Å². The van der Waals surface area contributed by atoms with Gasteiger partial charge in [0, 0.05) is 16.3 Å². The number of halogens is 1. The van der Waals surface area contributed by atoms with Crippen molar-refractivity contribution in [2.45, 2.75) is 110 Å².